The maximum atomic E-state index is 11.3. The van der Waals surface area contributed by atoms with Gasteiger partial charge in [0, 0.05) is 23.2 Å². The summed E-state index contributed by atoms with van der Waals surface area (Å²) in [5.74, 6) is 1.62. The van der Waals surface area contributed by atoms with E-state index in [1.807, 2.05) is 11.8 Å². The Morgan fingerprint density at radius 2 is 2.11 bits per heavy atom. The molecule has 1 saturated heterocycles. The third kappa shape index (κ3) is 4.51. The molecule has 5 heteroatoms. The van der Waals surface area contributed by atoms with Gasteiger partial charge in [-0.25, -0.2) is 8.42 Å². The predicted octanol–water partition coefficient (Wildman–Crippen LogP) is 2.17. The van der Waals surface area contributed by atoms with E-state index in [0.717, 1.165) is 18.7 Å². The number of aryl methyl sites for hydroxylation is 2. The van der Waals surface area contributed by atoms with Crippen molar-refractivity contribution < 1.29 is 8.42 Å². The lowest BCUT2D eigenvalue weighted by molar-refractivity contribution is 0.575. The van der Waals surface area contributed by atoms with Crippen LogP contribution in [0.1, 0.15) is 17.5 Å². The maximum absolute atomic E-state index is 11.3. The normalized spacial score (nSPS) is 21.7. The molecular weight excluding hydrogens is 278 g/mol. The van der Waals surface area contributed by atoms with E-state index in [0.29, 0.717) is 11.5 Å². The number of thioether (sulfide) groups is 1. The van der Waals surface area contributed by atoms with Crippen LogP contribution < -0.4 is 5.32 Å². The first-order valence-corrected chi connectivity index (χ1v) is 9.41. The standard InChI is InChI=1S/C14H21NO2S2/c1-11-3-4-14(9-12(11)2)18-7-6-15-13-5-8-19(16,17)10-13/h3-4,9,13,15H,5-8,10H2,1-2H3. The van der Waals surface area contributed by atoms with Crippen molar-refractivity contribution in [1.82, 2.24) is 5.32 Å². The number of hydrogen-bond donors (Lipinski definition) is 1. The predicted molar refractivity (Wildman–Crippen MR) is 81.7 cm³/mol. The van der Waals surface area contributed by atoms with Crippen LogP contribution in [0, 0.1) is 13.8 Å². The van der Waals surface area contributed by atoms with E-state index >= 15 is 0 Å². The maximum Gasteiger partial charge on any atom is 0.151 e. The SMILES string of the molecule is Cc1ccc(SCCNC2CCS(=O)(=O)C2)cc1C. The number of nitrogens with one attached hydrogen (secondary N) is 1. The summed E-state index contributed by atoms with van der Waals surface area (Å²) >= 11 is 1.81. The average Bonchev–Trinajstić information content (AvgIpc) is 2.69. The van der Waals surface area contributed by atoms with Crippen molar-refractivity contribution in [2.24, 2.45) is 0 Å². The highest BCUT2D eigenvalue weighted by atomic mass is 32.2. The minimum Gasteiger partial charge on any atom is -0.312 e. The zero-order valence-corrected chi connectivity index (χ0v) is 13.1. The molecule has 1 aliphatic rings. The third-order valence-electron chi connectivity index (χ3n) is 3.51. The number of hydrogen-bond acceptors (Lipinski definition) is 4. The van der Waals surface area contributed by atoms with Crippen LogP contribution >= 0.6 is 11.8 Å². The molecule has 3 nitrogen and oxygen atoms in total. The molecule has 0 bridgehead atoms. The lowest BCUT2D eigenvalue weighted by atomic mass is 10.1. The molecule has 2 rings (SSSR count). The van der Waals surface area contributed by atoms with Gasteiger partial charge >= 0.3 is 0 Å². The Balaban J connectivity index is 1.71. The van der Waals surface area contributed by atoms with Crippen molar-refractivity contribution in [2.75, 3.05) is 23.8 Å². The van der Waals surface area contributed by atoms with E-state index in [9.17, 15) is 8.42 Å². The fourth-order valence-corrected chi connectivity index (χ4v) is 4.78. The largest absolute Gasteiger partial charge is 0.312 e. The van der Waals surface area contributed by atoms with Crippen molar-refractivity contribution >= 4 is 21.6 Å². The Morgan fingerprint density at radius 1 is 1.32 bits per heavy atom. The summed E-state index contributed by atoms with van der Waals surface area (Å²) in [7, 11) is -2.76. The summed E-state index contributed by atoms with van der Waals surface area (Å²) in [6, 6.07) is 6.66. The molecule has 19 heavy (non-hydrogen) atoms. The van der Waals surface area contributed by atoms with Gasteiger partial charge in [0.2, 0.25) is 0 Å². The third-order valence-corrected chi connectivity index (χ3v) is 6.28. The van der Waals surface area contributed by atoms with Crippen LogP contribution in [-0.2, 0) is 9.84 Å². The van der Waals surface area contributed by atoms with E-state index < -0.39 is 9.84 Å². The van der Waals surface area contributed by atoms with Crippen molar-refractivity contribution in [3.8, 4) is 0 Å². The number of rotatable bonds is 5. The van der Waals surface area contributed by atoms with Crippen LogP contribution in [0.5, 0.6) is 0 Å². The molecule has 0 radical (unpaired) electrons. The Morgan fingerprint density at radius 3 is 2.74 bits per heavy atom. The summed E-state index contributed by atoms with van der Waals surface area (Å²) in [5, 5.41) is 3.33. The second-order valence-corrected chi connectivity index (χ2v) is 8.55. The molecule has 0 aromatic heterocycles. The van der Waals surface area contributed by atoms with Crippen molar-refractivity contribution in [3.63, 3.8) is 0 Å². The van der Waals surface area contributed by atoms with E-state index in [1.165, 1.54) is 16.0 Å². The highest BCUT2D eigenvalue weighted by molar-refractivity contribution is 7.99. The molecule has 0 amide bonds. The van der Waals surface area contributed by atoms with Gasteiger partial charge in [0.25, 0.3) is 0 Å². The minimum absolute atomic E-state index is 0.158. The number of benzene rings is 1. The molecule has 1 aliphatic heterocycles. The molecule has 1 aromatic carbocycles. The summed E-state index contributed by atoms with van der Waals surface area (Å²) < 4.78 is 22.6. The van der Waals surface area contributed by atoms with Crippen LogP contribution in [0.2, 0.25) is 0 Å². The van der Waals surface area contributed by atoms with Crippen LogP contribution in [0.4, 0.5) is 0 Å². The van der Waals surface area contributed by atoms with Gasteiger partial charge < -0.3 is 5.32 Å². The van der Waals surface area contributed by atoms with Gasteiger partial charge in [-0.3, -0.25) is 0 Å². The Kier molecular flexibility index (Phi) is 4.92. The van der Waals surface area contributed by atoms with Crippen LogP contribution in [0.25, 0.3) is 0 Å². The zero-order valence-electron chi connectivity index (χ0n) is 11.5. The smallest absolute Gasteiger partial charge is 0.151 e. The monoisotopic (exact) mass is 299 g/mol. The van der Waals surface area contributed by atoms with Crippen molar-refractivity contribution in [2.45, 2.75) is 31.2 Å². The second kappa shape index (κ2) is 6.29. The summed E-state index contributed by atoms with van der Waals surface area (Å²) in [5.41, 5.74) is 2.64. The van der Waals surface area contributed by atoms with Crippen LogP contribution in [-0.4, -0.2) is 38.3 Å². The van der Waals surface area contributed by atoms with E-state index in [1.54, 1.807) is 0 Å². The zero-order chi connectivity index (χ0) is 13.9. The first kappa shape index (κ1) is 14.9. The quantitative estimate of drug-likeness (QED) is 0.668. The molecule has 1 atom stereocenters. The first-order valence-electron chi connectivity index (χ1n) is 6.60. The Bertz CT molecular complexity index is 540. The molecule has 1 unspecified atom stereocenters. The minimum atomic E-state index is -2.76. The molecule has 1 heterocycles. The molecule has 1 aromatic rings. The van der Waals surface area contributed by atoms with Gasteiger partial charge in [0.15, 0.2) is 9.84 Å². The first-order chi connectivity index (χ1) is 8.96. The van der Waals surface area contributed by atoms with Gasteiger partial charge in [0.05, 0.1) is 11.5 Å². The molecule has 0 aliphatic carbocycles. The van der Waals surface area contributed by atoms with Crippen molar-refractivity contribution in [1.29, 1.82) is 0 Å². The molecule has 0 saturated carbocycles. The topological polar surface area (TPSA) is 46.2 Å². The molecule has 0 spiro atoms. The fourth-order valence-electron chi connectivity index (χ4n) is 2.19. The molecule has 1 N–H and O–H groups in total. The lowest BCUT2D eigenvalue weighted by Gasteiger charge is -2.10. The van der Waals surface area contributed by atoms with Gasteiger partial charge in [0.1, 0.15) is 0 Å². The molecule has 106 valence electrons. The van der Waals surface area contributed by atoms with Crippen LogP contribution in [0.15, 0.2) is 23.1 Å². The number of sulfone groups is 1. The highest BCUT2D eigenvalue weighted by Gasteiger charge is 2.26. The van der Waals surface area contributed by atoms with Gasteiger partial charge in [-0.15, -0.1) is 11.8 Å². The Hall–Kier alpha value is -0.520. The average molecular weight is 299 g/mol. The van der Waals surface area contributed by atoms with E-state index in [-0.39, 0.29) is 6.04 Å². The second-order valence-electron chi connectivity index (χ2n) is 5.15. The van der Waals surface area contributed by atoms with Gasteiger partial charge in [-0.1, -0.05) is 6.07 Å². The van der Waals surface area contributed by atoms with E-state index in [2.05, 4.69) is 37.4 Å². The molecule has 1 fully saturated rings. The summed E-state index contributed by atoms with van der Waals surface area (Å²) in [6.07, 6.45) is 0.761. The van der Waals surface area contributed by atoms with Gasteiger partial charge in [-0.2, -0.15) is 0 Å². The highest BCUT2D eigenvalue weighted by Crippen LogP contribution is 2.20. The van der Waals surface area contributed by atoms with Gasteiger partial charge in [-0.05, 0) is 43.5 Å². The van der Waals surface area contributed by atoms with E-state index in [4.69, 9.17) is 0 Å². The lowest BCUT2D eigenvalue weighted by Crippen LogP contribution is -2.31. The fraction of sp³-hybridized carbons (Fsp3) is 0.571. The Labute approximate surface area is 120 Å². The van der Waals surface area contributed by atoms with Crippen molar-refractivity contribution in [3.05, 3.63) is 29.3 Å². The summed E-state index contributed by atoms with van der Waals surface area (Å²) in [6.45, 7) is 5.10. The summed E-state index contributed by atoms with van der Waals surface area (Å²) in [4.78, 5) is 1.28. The van der Waals surface area contributed by atoms with Crippen LogP contribution in [0.3, 0.4) is 0 Å². The molecular formula is C14H21NO2S2.